The van der Waals surface area contributed by atoms with Gasteiger partial charge in [-0.05, 0) is 92.2 Å². The summed E-state index contributed by atoms with van der Waals surface area (Å²) in [6.45, 7) is 4.12. The smallest absolute Gasteiger partial charge is 0.393 e. The third kappa shape index (κ3) is 2.88. The Morgan fingerprint density at radius 3 is 2.48 bits per heavy atom. The van der Waals surface area contributed by atoms with Crippen LogP contribution < -0.4 is 0 Å². The van der Waals surface area contributed by atoms with Crippen LogP contribution in [-0.2, 0) is 14.6 Å². The molecule has 6 heteroatoms. The highest BCUT2D eigenvalue weighted by molar-refractivity contribution is 7.80. The third-order valence-electron chi connectivity index (χ3n) is 8.06. The molecule has 0 radical (unpaired) electrons. The van der Waals surface area contributed by atoms with E-state index in [-0.39, 0.29) is 23.9 Å². The average Bonchev–Trinajstić information content (AvgIpc) is 2.85. The van der Waals surface area contributed by atoms with Crippen LogP contribution in [0.5, 0.6) is 0 Å². The maximum atomic E-state index is 11.3. The van der Waals surface area contributed by atoms with Crippen molar-refractivity contribution >= 4 is 10.4 Å². The Balaban J connectivity index is 1.70. The lowest BCUT2D eigenvalue weighted by atomic mass is 9.45. The average molecular weight is 377 g/mol. The van der Waals surface area contributed by atoms with Crippen molar-refractivity contribution < 1.29 is 27.7 Å². The zero-order valence-corrected chi connectivity index (χ0v) is 15.8. The van der Waals surface area contributed by atoms with Gasteiger partial charge in [0.2, 0.25) is 0 Å². The predicted octanol–water partition coefficient (Wildman–Crippen LogP) is 3.58. The van der Waals surface area contributed by atoms with Crippen molar-refractivity contribution in [3.05, 3.63) is 0 Å². The van der Waals surface area contributed by atoms with Crippen molar-refractivity contribution in [2.75, 3.05) is 0 Å². The molecule has 2 N–H and O–H groups in total. The topological polar surface area (TPSA) is 83.8 Å². The molecule has 0 aromatic heterocycles. The van der Waals surface area contributed by atoms with Gasteiger partial charge in [-0.25, -0.2) is 4.18 Å². The highest BCUT2D eigenvalue weighted by atomic mass is 32.3. The lowest BCUT2D eigenvalue weighted by Crippen LogP contribution is -2.54. The van der Waals surface area contributed by atoms with Crippen LogP contribution >= 0.6 is 0 Å². The Bertz CT molecular complexity index is 789. The summed E-state index contributed by atoms with van der Waals surface area (Å²) in [5, 5.41) is 10.6. The van der Waals surface area contributed by atoms with Crippen molar-refractivity contribution in [2.45, 2.75) is 83.7 Å². The Hall–Kier alpha value is -0.170. The predicted molar refractivity (Wildman–Crippen MR) is 94.2 cm³/mol. The van der Waals surface area contributed by atoms with Gasteiger partial charge in [-0.1, -0.05) is 13.8 Å². The highest BCUT2D eigenvalue weighted by Gasteiger charge is 2.60. The normalized spacial score (nSPS) is 59.4. The molecule has 0 aromatic rings. The van der Waals surface area contributed by atoms with Gasteiger partial charge in [0, 0.05) is 5.48 Å². The molecule has 0 saturated heterocycles. The van der Waals surface area contributed by atoms with E-state index < -0.39 is 40.6 Å². The van der Waals surface area contributed by atoms with E-state index in [1.54, 1.807) is 0 Å². The minimum absolute atomic E-state index is 0.00246. The van der Waals surface area contributed by atoms with Crippen molar-refractivity contribution in [3.63, 3.8) is 0 Å². The number of hydrogen-bond acceptors (Lipinski definition) is 4. The second-order valence-electron chi connectivity index (χ2n) is 9.10. The molecule has 5 nitrogen and oxygen atoms in total. The van der Waals surface area contributed by atoms with Gasteiger partial charge in [0.05, 0.1) is 12.2 Å². The summed E-state index contributed by atoms with van der Waals surface area (Å²) in [7, 11) is -4.98. The van der Waals surface area contributed by atoms with Crippen molar-refractivity contribution in [3.8, 4) is 0 Å². The quantitative estimate of drug-likeness (QED) is 0.720. The molecule has 0 amide bonds. The van der Waals surface area contributed by atoms with E-state index in [0.717, 1.165) is 32.1 Å². The third-order valence-corrected chi connectivity index (χ3v) is 8.49. The van der Waals surface area contributed by atoms with Gasteiger partial charge in [0.25, 0.3) is 0 Å². The molecule has 0 bridgehead atoms. The molecular formula is C19H32O5S. The lowest BCUT2D eigenvalue weighted by molar-refractivity contribution is -0.131. The molecule has 0 heterocycles. The largest absolute Gasteiger partial charge is 0.397 e. The fraction of sp³-hybridized carbons (Fsp3) is 1.00. The van der Waals surface area contributed by atoms with Gasteiger partial charge in [-0.2, -0.15) is 8.42 Å². The Morgan fingerprint density at radius 1 is 1.04 bits per heavy atom. The Labute approximate surface area is 157 Å². The summed E-state index contributed by atoms with van der Waals surface area (Å²) in [4.78, 5) is 0. The Kier molecular flexibility index (Phi) is 3.29. The van der Waals surface area contributed by atoms with E-state index in [9.17, 15) is 13.5 Å². The molecule has 4 rings (SSSR count). The lowest BCUT2D eigenvalue weighted by Gasteiger charge is -2.60. The first kappa shape index (κ1) is 13.9. The Morgan fingerprint density at radius 2 is 1.76 bits per heavy atom. The highest BCUT2D eigenvalue weighted by Crippen LogP contribution is 2.66. The summed E-state index contributed by atoms with van der Waals surface area (Å²) < 4.78 is 70.6. The molecule has 4 aliphatic carbocycles. The van der Waals surface area contributed by atoms with E-state index in [2.05, 4.69) is 11.1 Å². The van der Waals surface area contributed by atoms with E-state index >= 15 is 0 Å². The van der Waals surface area contributed by atoms with E-state index in [1.807, 2.05) is 6.92 Å². The molecule has 4 fully saturated rings. The van der Waals surface area contributed by atoms with Crippen molar-refractivity contribution in [2.24, 2.45) is 34.5 Å². The van der Waals surface area contributed by atoms with Crippen molar-refractivity contribution in [1.29, 1.82) is 0 Å². The minimum Gasteiger partial charge on any atom is -0.393 e. The maximum Gasteiger partial charge on any atom is 0.397 e. The molecule has 4 aliphatic rings. The molecule has 0 spiro atoms. The zero-order chi connectivity index (χ0) is 21.6. The van der Waals surface area contributed by atoms with Gasteiger partial charge >= 0.3 is 10.4 Å². The molecule has 0 aromatic carbocycles. The fourth-order valence-electron chi connectivity index (χ4n) is 6.69. The zero-order valence-electron chi connectivity index (χ0n) is 18.9. The summed E-state index contributed by atoms with van der Waals surface area (Å²) in [6.07, 6.45) is -1.93. The van der Waals surface area contributed by atoms with Crippen LogP contribution in [0.15, 0.2) is 0 Å². The molecule has 144 valence electrons. The second kappa shape index (κ2) is 5.91. The van der Waals surface area contributed by atoms with Gasteiger partial charge < -0.3 is 5.11 Å². The van der Waals surface area contributed by atoms with Gasteiger partial charge in [0.1, 0.15) is 0 Å². The fourth-order valence-corrected chi connectivity index (χ4v) is 7.06. The maximum absolute atomic E-state index is 11.3. The first-order chi connectivity index (χ1) is 13.1. The monoisotopic (exact) mass is 376 g/mol. The van der Waals surface area contributed by atoms with Crippen LogP contribution in [0.2, 0.25) is 0 Å². The van der Waals surface area contributed by atoms with Crippen LogP contribution in [0.4, 0.5) is 0 Å². The first-order valence-corrected chi connectivity index (χ1v) is 10.8. The second-order valence-corrected chi connectivity index (χ2v) is 10.1. The molecule has 8 atom stereocenters. The molecule has 4 saturated carbocycles. The molecule has 25 heavy (non-hydrogen) atoms. The number of hydrogen-bond donors (Lipinski definition) is 2. The SMILES string of the molecule is [2H]C1([2H])C[C@]2(C)[C@H]3CC[C@]4(C)[C@@H](O)CC[C@H]4[C@@H]3CC[C@H]2C([2H])([2H])[C@H]1OS(=O)(=O)O. The van der Waals surface area contributed by atoms with Crippen LogP contribution in [-0.4, -0.2) is 30.3 Å². The number of aliphatic hydroxyl groups excluding tert-OH is 1. The van der Waals surface area contributed by atoms with Crippen LogP contribution in [0, 0.1) is 34.5 Å². The summed E-state index contributed by atoms with van der Waals surface area (Å²) in [6, 6.07) is 0. The van der Waals surface area contributed by atoms with Gasteiger partial charge in [-0.15, -0.1) is 0 Å². The van der Waals surface area contributed by atoms with Crippen LogP contribution in [0.25, 0.3) is 0 Å². The van der Waals surface area contributed by atoms with Gasteiger partial charge in [0.15, 0.2) is 0 Å². The van der Waals surface area contributed by atoms with E-state index in [4.69, 9.17) is 10.0 Å². The molecule has 0 unspecified atom stereocenters. The number of fused-ring (bicyclic) bond motifs is 5. The molecule has 0 aliphatic heterocycles. The van der Waals surface area contributed by atoms with Crippen LogP contribution in [0.1, 0.15) is 77.0 Å². The summed E-state index contributed by atoms with van der Waals surface area (Å²) in [5.41, 5.74) is -0.752. The standard InChI is InChI=1S/C19H32O5S/c1-18-9-7-13(24-25(21,22)23)11-12(18)3-4-14-15-5-6-17(20)19(15,2)10-8-16(14)18/h12-17,20H,3-11H2,1-2H3,(H,21,22,23)/t12-,13-,14-,15-,16-,17-,18-,19-/m0/s1/i7D2,11D2. The number of rotatable bonds is 2. The number of aliphatic hydroxyl groups is 1. The van der Waals surface area contributed by atoms with Crippen molar-refractivity contribution in [1.82, 2.24) is 0 Å². The van der Waals surface area contributed by atoms with E-state index in [1.165, 1.54) is 0 Å². The summed E-state index contributed by atoms with van der Waals surface area (Å²) >= 11 is 0. The first-order valence-electron chi connectivity index (χ1n) is 11.5. The summed E-state index contributed by atoms with van der Waals surface area (Å²) in [5.74, 6) is 0.249. The van der Waals surface area contributed by atoms with Gasteiger partial charge in [-0.3, -0.25) is 4.55 Å². The van der Waals surface area contributed by atoms with Crippen LogP contribution in [0.3, 0.4) is 0 Å². The van der Waals surface area contributed by atoms with E-state index in [0.29, 0.717) is 18.3 Å². The minimum atomic E-state index is -4.98. The molecular weight excluding hydrogens is 340 g/mol.